The average Bonchev–Trinajstić information content (AvgIpc) is 2.54. The SMILES string of the molecule is COc1c(C(N)=O)n(N)cc(C(=O)NCc2c(F)cc(F)cc2F)c1=O. The highest BCUT2D eigenvalue weighted by molar-refractivity contribution is 5.98. The number of rotatable bonds is 5. The Bertz CT molecular complexity index is 936. The highest BCUT2D eigenvalue weighted by Crippen LogP contribution is 2.15. The Morgan fingerprint density at radius 3 is 2.31 bits per heavy atom. The summed E-state index contributed by atoms with van der Waals surface area (Å²) in [5.41, 5.74) is 2.46. The number of benzene rings is 1. The van der Waals surface area contributed by atoms with Crippen molar-refractivity contribution in [2.75, 3.05) is 13.0 Å². The number of ether oxygens (including phenoxy) is 1. The number of halogens is 3. The Labute approximate surface area is 144 Å². The number of nitrogens with zero attached hydrogens (tertiary/aromatic N) is 1. The first-order valence-corrected chi connectivity index (χ1v) is 6.97. The average molecular weight is 370 g/mol. The van der Waals surface area contributed by atoms with Gasteiger partial charge in [0.05, 0.1) is 7.11 Å². The second-order valence-corrected chi connectivity index (χ2v) is 5.06. The molecule has 0 saturated heterocycles. The second-order valence-electron chi connectivity index (χ2n) is 5.06. The predicted molar refractivity (Wildman–Crippen MR) is 83.4 cm³/mol. The lowest BCUT2D eigenvalue weighted by molar-refractivity contribution is 0.0942. The van der Waals surface area contributed by atoms with Crippen molar-refractivity contribution in [2.24, 2.45) is 5.73 Å². The summed E-state index contributed by atoms with van der Waals surface area (Å²) in [6.07, 6.45) is 0.817. The third kappa shape index (κ3) is 3.45. The van der Waals surface area contributed by atoms with Gasteiger partial charge in [-0.15, -0.1) is 0 Å². The highest BCUT2D eigenvalue weighted by atomic mass is 19.1. The van der Waals surface area contributed by atoms with Gasteiger partial charge in [-0.25, -0.2) is 13.2 Å². The predicted octanol–water partition coefficient (Wildman–Crippen LogP) is 0.0169. The Morgan fingerprint density at radius 2 is 1.81 bits per heavy atom. The van der Waals surface area contributed by atoms with Crippen LogP contribution in [-0.2, 0) is 6.54 Å². The summed E-state index contributed by atoms with van der Waals surface area (Å²) in [4.78, 5) is 35.7. The number of nitrogens with one attached hydrogen (secondary N) is 1. The van der Waals surface area contributed by atoms with Crippen molar-refractivity contribution in [3.8, 4) is 5.75 Å². The van der Waals surface area contributed by atoms with Crippen LogP contribution in [0.1, 0.15) is 26.4 Å². The number of hydrogen-bond acceptors (Lipinski definition) is 5. The molecule has 0 aliphatic heterocycles. The molecule has 0 radical (unpaired) electrons. The van der Waals surface area contributed by atoms with E-state index in [1.54, 1.807) is 0 Å². The number of amides is 2. The van der Waals surface area contributed by atoms with Crippen molar-refractivity contribution < 1.29 is 27.5 Å². The van der Waals surface area contributed by atoms with E-state index in [9.17, 15) is 27.6 Å². The van der Waals surface area contributed by atoms with E-state index in [-0.39, 0.29) is 0 Å². The molecule has 11 heteroatoms. The summed E-state index contributed by atoms with van der Waals surface area (Å²) in [6.45, 7) is -0.666. The van der Waals surface area contributed by atoms with Crippen LogP contribution in [0.4, 0.5) is 13.2 Å². The molecule has 8 nitrogen and oxygen atoms in total. The first-order valence-electron chi connectivity index (χ1n) is 6.97. The van der Waals surface area contributed by atoms with Crippen LogP contribution in [0, 0.1) is 17.5 Å². The van der Waals surface area contributed by atoms with Crippen LogP contribution < -0.4 is 27.1 Å². The number of nitrogen functional groups attached to an aromatic ring is 1. The van der Waals surface area contributed by atoms with E-state index in [0.717, 1.165) is 13.3 Å². The van der Waals surface area contributed by atoms with Gasteiger partial charge in [-0.1, -0.05) is 0 Å². The zero-order valence-electron chi connectivity index (χ0n) is 13.3. The second kappa shape index (κ2) is 7.17. The number of carbonyl (C=O) groups excluding carboxylic acids is 2. The summed E-state index contributed by atoms with van der Waals surface area (Å²) in [6, 6.07) is 0.893. The van der Waals surface area contributed by atoms with E-state index in [1.165, 1.54) is 0 Å². The molecule has 0 spiro atoms. The quantitative estimate of drug-likeness (QED) is 0.639. The van der Waals surface area contributed by atoms with Crippen molar-refractivity contribution in [3.63, 3.8) is 0 Å². The maximum atomic E-state index is 13.6. The summed E-state index contributed by atoms with van der Waals surface area (Å²) < 4.78 is 45.4. The van der Waals surface area contributed by atoms with Gasteiger partial charge in [-0.05, 0) is 0 Å². The van der Waals surface area contributed by atoms with Crippen LogP contribution in [0.2, 0.25) is 0 Å². The number of methoxy groups -OCH3 is 1. The molecular weight excluding hydrogens is 357 g/mol. The van der Waals surface area contributed by atoms with Gasteiger partial charge in [-0.3, -0.25) is 19.1 Å². The molecule has 0 saturated carbocycles. The first kappa shape index (κ1) is 18.8. The van der Waals surface area contributed by atoms with Crippen molar-refractivity contribution in [2.45, 2.75) is 6.54 Å². The fraction of sp³-hybridized carbons (Fsp3) is 0.133. The molecule has 0 aliphatic carbocycles. The maximum Gasteiger partial charge on any atom is 0.271 e. The fourth-order valence-corrected chi connectivity index (χ4v) is 2.20. The van der Waals surface area contributed by atoms with E-state index < -0.39 is 63.8 Å². The smallest absolute Gasteiger partial charge is 0.271 e. The topological polar surface area (TPSA) is 129 Å². The molecule has 1 aromatic carbocycles. The van der Waals surface area contributed by atoms with E-state index in [2.05, 4.69) is 5.32 Å². The fourth-order valence-electron chi connectivity index (χ4n) is 2.20. The summed E-state index contributed by atoms with van der Waals surface area (Å²) in [5, 5.41) is 2.10. The molecular formula is C15H13F3N4O4. The Balaban J connectivity index is 2.36. The highest BCUT2D eigenvalue weighted by Gasteiger charge is 2.23. The first-order chi connectivity index (χ1) is 12.2. The Morgan fingerprint density at radius 1 is 1.23 bits per heavy atom. The number of primary amides is 1. The lowest BCUT2D eigenvalue weighted by Crippen LogP contribution is -2.35. The molecule has 2 amide bonds. The largest absolute Gasteiger partial charge is 0.491 e. The molecule has 0 atom stereocenters. The van der Waals surface area contributed by atoms with Gasteiger partial charge in [0.15, 0.2) is 11.4 Å². The molecule has 1 heterocycles. The third-order valence-electron chi connectivity index (χ3n) is 3.41. The molecule has 138 valence electrons. The standard InChI is InChI=1S/C15H13F3N4O4/c1-26-13-11(14(19)24)22(20)5-8(12(13)23)15(25)21-4-7-9(17)2-6(16)3-10(7)18/h2-3,5H,4,20H2,1H3,(H2,19,24)(H,21,25). The third-order valence-corrected chi connectivity index (χ3v) is 3.41. The van der Waals surface area contributed by atoms with Gasteiger partial charge < -0.3 is 21.6 Å². The molecule has 2 rings (SSSR count). The lowest BCUT2D eigenvalue weighted by atomic mass is 10.1. The zero-order chi connectivity index (χ0) is 19.6. The van der Waals surface area contributed by atoms with Crippen molar-refractivity contribution in [3.05, 3.63) is 62.8 Å². The number of carbonyl (C=O) groups is 2. The summed E-state index contributed by atoms with van der Waals surface area (Å²) in [7, 11) is 1.06. The van der Waals surface area contributed by atoms with Gasteiger partial charge in [0.2, 0.25) is 5.43 Å². The number of nitrogens with two attached hydrogens (primary N) is 2. The summed E-state index contributed by atoms with van der Waals surface area (Å²) in [5.74, 6) is -0.679. The number of aromatic nitrogens is 1. The van der Waals surface area contributed by atoms with Crippen molar-refractivity contribution in [1.29, 1.82) is 0 Å². The van der Waals surface area contributed by atoms with Gasteiger partial charge in [0.1, 0.15) is 23.0 Å². The maximum absolute atomic E-state index is 13.6. The van der Waals surface area contributed by atoms with Crippen molar-refractivity contribution in [1.82, 2.24) is 9.99 Å². The van der Waals surface area contributed by atoms with E-state index in [4.69, 9.17) is 16.3 Å². The summed E-state index contributed by atoms with van der Waals surface area (Å²) >= 11 is 0. The number of pyridine rings is 1. The van der Waals surface area contributed by atoms with Gasteiger partial charge >= 0.3 is 0 Å². The minimum atomic E-state index is -1.21. The molecule has 5 N–H and O–H groups in total. The monoisotopic (exact) mass is 370 g/mol. The van der Waals surface area contributed by atoms with Crippen LogP contribution in [0.5, 0.6) is 5.75 Å². The van der Waals surface area contributed by atoms with Gasteiger partial charge in [0.25, 0.3) is 11.8 Å². The lowest BCUT2D eigenvalue weighted by Gasteiger charge is -2.13. The van der Waals surface area contributed by atoms with Crippen molar-refractivity contribution >= 4 is 11.8 Å². The Kier molecular flexibility index (Phi) is 5.19. The molecule has 0 aliphatic rings. The normalized spacial score (nSPS) is 10.5. The van der Waals surface area contributed by atoms with Crippen LogP contribution in [0.3, 0.4) is 0 Å². The number of hydrogen-bond donors (Lipinski definition) is 3. The minimum absolute atomic E-state index is 0.447. The van der Waals surface area contributed by atoms with E-state index >= 15 is 0 Å². The molecule has 0 fully saturated rings. The molecule has 2 aromatic rings. The van der Waals surface area contributed by atoms with Crippen LogP contribution in [0.25, 0.3) is 0 Å². The van der Waals surface area contributed by atoms with Crippen LogP contribution >= 0.6 is 0 Å². The van der Waals surface area contributed by atoms with Crippen LogP contribution in [-0.4, -0.2) is 23.6 Å². The van der Waals surface area contributed by atoms with Gasteiger partial charge in [0, 0.05) is 30.4 Å². The van der Waals surface area contributed by atoms with E-state index in [1.807, 2.05) is 0 Å². The van der Waals surface area contributed by atoms with E-state index in [0.29, 0.717) is 16.8 Å². The minimum Gasteiger partial charge on any atom is -0.491 e. The molecule has 0 bridgehead atoms. The Hall–Kier alpha value is -3.50. The molecule has 26 heavy (non-hydrogen) atoms. The molecule has 1 aromatic heterocycles. The van der Waals surface area contributed by atoms with Gasteiger partial charge in [-0.2, -0.15) is 0 Å². The van der Waals surface area contributed by atoms with Crippen LogP contribution in [0.15, 0.2) is 23.1 Å². The zero-order valence-corrected chi connectivity index (χ0v) is 13.3. The molecule has 0 unspecified atom stereocenters.